The number of carbonyl (C=O) groups is 1. The Balaban J connectivity index is 1.67. The second-order valence-electron chi connectivity index (χ2n) is 9.48. The third kappa shape index (κ3) is 7.63. The van der Waals surface area contributed by atoms with E-state index in [-0.39, 0.29) is 43.1 Å². The molecule has 34 heavy (non-hydrogen) atoms. The van der Waals surface area contributed by atoms with E-state index >= 15 is 0 Å². The van der Waals surface area contributed by atoms with Gasteiger partial charge in [-0.15, -0.1) is 17.9 Å². The van der Waals surface area contributed by atoms with Gasteiger partial charge in [-0.2, -0.15) is 0 Å². The van der Waals surface area contributed by atoms with Crippen molar-refractivity contribution in [2.24, 2.45) is 0 Å². The van der Waals surface area contributed by atoms with E-state index in [4.69, 9.17) is 9.47 Å². The highest BCUT2D eigenvalue weighted by Gasteiger charge is 2.33. The van der Waals surface area contributed by atoms with Gasteiger partial charge in [0, 0.05) is 24.5 Å². The fourth-order valence-corrected chi connectivity index (χ4v) is 4.87. The molecule has 0 aliphatic carbocycles. The molecule has 3 rings (SSSR count). The zero-order chi connectivity index (χ0) is 24.7. The van der Waals surface area contributed by atoms with E-state index in [0.717, 1.165) is 12.0 Å². The molecule has 1 aromatic carbocycles. The Morgan fingerprint density at radius 2 is 2.09 bits per heavy atom. The van der Waals surface area contributed by atoms with Crippen LogP contribution < -0.4 is 4.74 Å². The quantitative estimate of drug-likeness (QED) is 0.482. The number of fused-ring (bicyclic) bond motifs is 1. The molecular formula is C26H35FN2O4S. The molecule has 0 fully saturated rings. The average molecular weight is 491 g/mol. The van der Waals surface area contributed by atoms with Crippen LogP contribution in [0.2, 0.25) is 0 Å². The molecule has 2 heterocycles. The van der Waals surface area contributed by atoms with Crippen LogP contribution in [-0.2, 0) is 16.0 Å². The van der Waals surface area contributed by atoms with Gasteiger partial charge in [0.05, 0.1) is 30.9 Å². The van der Waals surface area contributed by atoms with E-state index in [2.05, 4.69) is 6.58 Å². The Labute approximate surface area is 205 Å². The first-order valence-corrected chi connectivity index (χ1v) is 12.4. The molecule has 0 saturated carbocycles. The van der Waals surface area contributed by atoms with Crippen molar-refractivity contribution in [3.8, 4) is 5.75 Å². The second kappa shape index (κ2) is 11.9. The van der Waals surface area contributed by atoms with Crippen LogP contribution in [0.25, 0.3) is 0 Å². The van der Waals surface area contributed by atoms with Crippen molar-refractivity contribution in [2.45, 2.75) is 44.9 Å². The number of aliphatic hydroxyl groups is 1. The van der Waals surface area contributed by atoms with Gasteiger partial charge in [-0.3, -0.25) is 9.69 Å². The monoisotopic (exact) mass is 490 g/mol. The van der Waals surface area contributed by atoms with Gasteiger partial charge in [-0.1, -0.05) is 6.08 Å². The smallest absolute Gasteiger partial charge is 0.237 e. The Hall–Kier alpha value is -2.26. The number of ether oxygens (including phenoxy) is 2. The number of halogens is 1. The summed E-state index contributed by atoms with van der Waals surface area (Å²) >= 11 is 1.69. The molecule has 2 aromatic rings. The predicted molar refractivity (Wildman–Crippen MR) is 133 cm³/mol. The number of nitrogens with zero attached hydrogens (tertiary/aromatic N) is 2. The number of thiophene rings is 1. The lowest BCUT2D eigenvalue weighted by Crippen LogP contribution is -2.48. The molecule has 2 atom stereocenters. The number of hydrogen-bond acceptors (Lipinski definition) is 6. The fourth-order valence-electron chi connectivity index (χ4n) is 3.95. The summed E-state index contributed by atoms with van der Waals surface area (Å²) in [6.07, 6.45) is 1.82. The summed E-state index contributed by atoms with van der Waals surface area (Å²) in [5.41, 5.74) is 0.754. The van der Waals surface area contributed by atoms with Crippen molar-refractivity contribution in [2.75, 3.05) is 39.4 Å². The summed E-state index contributed by atoms with van der Waals surface area (Å²) in [6.45, 7) is 11.6. The largest absolute Gasteiger partial charge is 0.491 e. The minimum absolute atomic E-state index is 0.0321. The molecule has 8 heteroatoms. The first-order valence-electron chi connectivity index (χ1n) is 11.6. The number of aliphatic hydroxyl groups excluding tert-OH is 1. The van der Waals surface area contributed by atoms with Crippen LogP contribution in [0, 0.1) is 5.82 Å². The van der Waals surface area contributed by atoms with E-state index in [9.17, 15) is 14.3 Å². The van der Waals surface area contributed by atoms with E-state index < -0.39 is 6.10 Å². The number of amides is 1. The van der Waals surface area contributed by atoms with Crippen LogP contribution in [0.5, 0.6) is 5.75 Å². The lowest BCUT2D eigenvalue weighted by Gasteiger charge is -2.37. The van der Waals surface area contributed by atoms with Crippen LogP contribution in [0.4, 0.5) is 4.39 Å². The summed E-state index contributed by atoms with van der Waals surface area (Å²) < 4.78 is 24.9. The molecule has 1 aromatic heterocycles. The van der Waals surface area contributed by atoms with Gasteiger partial charge in [-0.25, -0.2) is 4.39 Å². The van der Waals surface area contributed by atoms with Crippen molar-refractivity contribution in [3.05, 3.63) is 64.6 Å². The maximum atomic E-state index is 13.4. The highest BCUT2D eigenvalue weighted by atomic mass is 32.1. The van der Waals surface area contributed by atoms with E-state index in [1.54, 1.807) is 29.5 Å². The summed E-state index contributed by atoms with van der Waals surface area (Å²) in [6, 6.07) is 7.71. The number of hydrogen-bond donors (Lipinski definition) is 1. The van der Waals surface area contributed by atoms with Gasteiger partial charge in [0.1, 0.15) is 18.2 Å². The van der Waals surface area contributed by atoms with Gasteiger partial charge >= 0.3 is 0 Å². The molecule has 6 nitrogen and oxygen atoms in total. The van der Waals surface area contributed by atoms with Crippen LogP contribution >= 0.6 is 11.3 Å². The van der Waals surface area contributed by atoms with Crippen LogP contribution in [0.15, 0.2) is 48.4 Å². The zero-order valence-corrected chi connectivity index (χ0v) is 21.0. The minimum atomic E-state index is -0.714. The molecule has 1 N–H and O–H groups in total. The Kier molecular flexibility index (Phi) is 9.24. The Bertz CT molecular complexity index is 941. The van der Waals surface area contributed by atoms with E-state index in [0.29, 0.717) is 25.4 Å². The minimum Gasteiger partial charge on any atom is -0.491 e. The number of rotatable bonds is 11. The molecule has 1 amide bonds. The fraction of sp³-hybridized carbons (Fsp3) is 0.500. The van der Waals surface area contributed by atoms with Gasteiger partial charge in [0.25, 0.3) is 0 Å². The number of benzene rings is 1. The number of carbonyl (C=O) groups excluding carboxylic acids is 1. The highest BCUT2D eigenvalue weighted by molar-refractivity contribution is 7.10. The highest BCUT2D eigenvalue weighted by Crippen LogP contribution is 2.34. The molecule has 1 aliphatic heterocycles. The van der Waals surface area contributed by atoms with Crippen LogP contribution in [0.1, 0.15) is 37.3 Å². The first-order chi connectivity index (χ1) is 16.2. The summed E-state index contributed by atoms with van der Waals surface area (Å²) in [5.74, 6) is 0.209. The molecule has 0 saturated heterocycles. The molecule has 0 spiro atoms. The standard InChI is InChI=1S/C26H35FN2O4S/c1-5-12-28(15-20(30)17-33-26(2,3)4)16-25(31)29-13-10-24-22(11-14-34-24)23(29)18-32-21-8-6-19(27)7-9-21/h5-9,11,14,20,23,30H,1,10,12-13,15-18H2,2-4H3/t20-,23-/m0/s1. The normalized spacial score (nSPS) is 16.9. The van der Waals surface area contributed by atoms with Crippen molar-refractivity contribution in [3.63, 3.8) is 0 Å². The maximum absolute atomic E-state index is 13.4. The van der Waals surface area contributed by atoms with Gasteiger partial charge < -0.3 is 19.5 Å². The third-order valence-corrected chi connectivity index (χ3v) is 6.56. The lowest BCUT2D eigenvalue weighted by molar-refractivity contribution is -0.136. The Morgan fingerprint density at radius 3 is 2.76 bits per heavy atom. The second-order valence-corrected chi connectivity index (χ2v) is 10.5. The van der Waals surface area contributed by atoms with Gasteiger partial charge in [-0.05, 0) is 68.5 Å². The van der Waals surface area contributed by atoms with E-state index in [1.165, 1.54) is 17.0 Å². The van der Waals surface area contributed by atoms with Gasteiger partial charge in [0.15, 0.2) is 0 Å². The predicted octanol–water partition coefficient (Wildman–Crippen LogP) is 4.06. The zero-order valence-electron chi connectivity index (χ0n) is 20.2. The van der Waals surface area contributed by atoms with Crippen molar-refractivity contribution >= 4 is 17.2 Å². The van der Waals surface area contributed by atoms with E-state index in [1.807, 2.05) is 42.0 Å². The summed E-state index contributed by atoms with van der Waals surface area (Å²) in [5, 5.41) is 12.5. The molecule has 0 bridgehead atoms. The van der Waals surface area contributed by atoms with Crippen molar-refractivity contribution in [1.29, 1.82) is 0 Å². The molecule has 0 radical (unpaired) electrons. The molecule has 0 unspecified atom stereocenters. The third-order valence-electron chi connectivity index (χ3n) is 5.56. The lowest BCUT2D eigenvalue weighted by atomic mass is 10.0. The van der Waals surface area contributed by atoms with Crippen molar-refractivity contribution < 1.29 is 23.8 Å². The maximum Gasteiger partial charge on any atom is 0.237 e. The average Bonchev–Trinajstić information content (AvgIpc) is 3.26. The Morgan fingerprint density at radius 1 is 1.35 bits per heavy atom. The van der Waals surface area contributed by atoms with Crippen molar-refractivity contribution in [1.82, 2.24) is 9.80 Å². The van der Waals surface area contributed by atoms with Crippen LogP contribution in [-0.4, -0.2) is 71.9 Å². The molecule has 186 valence electrons. The first kappa shape index (κ1) is 26.3. The molecule has 1 aliphatic rings. The van der Waals surface area contributed by atoms with Crippen LogP contribution in [0.3, 0.4) is 0 Å². The summed E-state index contributed by atoms with van der Waals surface area (Å²) in [7, 11) is 0. The van der Waals surface area contributed by atoms with Gasteiger partial charge in [0.2, 0.25) is 5.91 Å². The summed E-state index contributed by atoms with van der Waals surface area (Å²) in [4.78, 5) is 18.4. The SMILES string of the molecule is C=CCN(CC(=O)N1CCc2sccc2[C@@H]1COc1ccc(F)cc1)C[C@H](O)COC(C)(C)C. The topological polar surface area (TPSA) is 62.2 Å². The molecular weight excluding hydrogens is 455 g/mol.